The first kappa shape index (κ1) is 43.3. The Morgan fingerprint density at radius 1 is 0.966 bits per heavy atom. The third kappa shape index (κ3) is 12.1. The van der Waals surface area contributed by atoms with Gasteiger partial charge in [-0.2, -0.15) is 0 Å². The number of phenols is 1. The Hall–Kier alpha value is -5.82. The Balaban J connectivity index is 0.914. The largest absolute Gasteiger partial charge is 0.507 e. The molecule has 0 saturated carbocycles. The number of nitrogens with one attached hydrogen (secondary N) is 4. The van der Waals surface area contributed by atoms with Gasteiger partial charge in [0.2, 0.25) is 11.8 Å². The minimum absolute atomic E-state index is 0.0105. The van der Waals surface area contributed by atoms with E-state index in [-0.39, 0.29) is 53.7 Å². The lowest BCUT2D eigenvalue weighted by Gasteiger charge is -2.18. The summed E-state index contributed by atoms with van der Waals surface area (Å²) in [6, 6.07) is 20.0. The summed E-state index contributed by atoms with van der Waals surface area (Å²) in [7, 11) is 1.56. The van der Waals surface area contributed by atoms with Crippen LogP contribution in [0, 0.1) is 12.3 Å². The Morgan fingerprint density at radius 3 is 2.43 bits per heavy atom. The Morgan fingerprint density at radius 2 is 1.69 bits per heavy atom. The highest BCUT2D eigenvalue weighted by Crippen LogP contribution is 2.31. The smallest absolute Gasteiger partial charge is 0.269 e. The number of likely N-dealkylation sites (N-methyl/N-ethyl adjacent to an activating group) is 1. The van der Waals surface area contributed by atoms with Crippen molar-refractivity contribution >= 4 is 46.4 Å². The number of phenolic OH excluding ortho intramolecular Hbond substituents is 1. The minimum Gasteiger partial charge on any atom is -0.507 e. The number of thiazole rings is 1. The fourth-order valence-corrected chi connectivity index (χ4v) is 7.85. The number of fused-ring (bicyclic) bond motifs is 1. The molecule has 0 fully saturated rings. The third-order valence-electron chi connectivity index (χ3n) is 10.5. The normalized spacial score (nSPS) is 14.0. The van der Waals surface area contributed by atoms with Crippen molar-refractivity contribution in [3.63, 3.8) is 0 Å². The summed E-state index contributed by atoms with van der Waals surface area (Å²) in [5, 5.41) is 38.1. The molecule has 0 radical (unpaired) electrons. The number of nitrogens with zero attached hydrogens (tertiary/aromatic N) is 2. The lowest BCUT2D eigenvalue weighted by molar-refractivity contribution is -0.122. The number of aromatic hydroxyl groups is 1. The predicted octanol–water partition coefficient (Wildman–Crippen LogP) is 7.39. The molecule has 4 aromatic rings. The SMILES string of the molecule is Cc1ncsc1-c1ccc([C@@H](C)CC(=O)NCCCCCCCC(=O)NCCN(C)C(=O)c2ccc(/C(O)=C/C(=N)C(=O)NC3CCc4ccccc43)cc2O)cc1. The third-order valence-corrected chi connectivity index (χ3v) is 11.5. The highest BCUT2D eigenvalue weighted by Gasteiger charge is 2.25. The van der Waals surface area contributed by atoms with E-state index in [9.17, 15) is 29.4 Å². The van der Waals surface area contributed by atoms with Gasteiger partial charge in [0, 0.05) is 51.2 Å². The van der Waals surface area contributed by atoms with Crippen molar-refractivity contribution in [1.82, 2.24) is 25.8 Å². The zero-order valence-corrected chi connectivity index (χ0v) is 34.3. The standard InChI is InChI=1S/C45H54N6O6S/c1-29(31-14-16-33(17-15-31)43-30(2)49-28-58-43)25-42(55)47-22-10-6-4-5-7-13-41(54)48-23-24-51(3)45(57)36-20-18-34(26-40(36)53)39(52)27-37(46)44(56)50-38-21-19-32-11-8-9-12-35(32)38/h8-9,11-12,14-18,20,26-29,38,46,52-53H,4-7,10,13,19,21-25H2,1-3H3,(H,47,55)(H,48,54)(H,50,56)/b39-27-,46-37?/t29-,38?/m0/s1. The monoisotopic (exact) mass is 806 g/mol. The number of hydrogen-bond donors (Lipinski definition) is 6. The Bertz CT molecular complexity index is 2110. The van der Waals surface area contributed by atoms with Crippen LogP contribution in [0.15, 0.2) is 78.3 Å². The fourth-order valence-electron chi connectivity index (χ4n) is 7.04. The molecule has 0 saturated heterocycles. The van der Waals surface area contributed by atoms with Gasteiger partial charge in [-0.1, -0.05) is 80.8 Å². The van der Waals surface area contributed by atoms with Gasteiger partial charge in [0.05, 0.1) is 27.7 Å². The van der Waals surface area contributed by atoms with Crippen LogP contribution < -0.4 is 16.0 Å². The van der Waals surface area contributed by atoms with Crippen molar-refractivity contribution in [3.05, 3.63) is 112 Å². The molecule has 13 heteroatoms. The van der Waals surface area contributed by atoms with E-state index < -0.39 is 23.3 Å². The van der Waals surface area contributed by atoms with Crippen molar-refractivity contribution in [3.8, 4) is 16.2 Å². The molecule has 0 bridgehead atoms. The fraction of sp³-hybridized carbons (Fsp3) is 0.378. The second-order valence-corrected chi connectivity index (χ2v) is 15.7. The quantitative estimate of drug-likeness (QED) is 0.0306. The highest BCUT2D eigenvalue weighted by molar-refractivity contribution is 7.13. The van der Waals surface area contributed by atoms with E-state index in [2.05, 4.69) is 52.1 Å². The summed E-state index contributed by atoms with van der Waals surface area (Å²) in [4.78, 5) is 57.5. The van der Waals surface area contributed by atoms with E-state index in [1.54, 1.807) is 18.4 Å². The van der Waals surface area contributed by atoms with Crippen LogP contribution in [0.1, 0.15) is 109 Å². The van der Waals surface area contributed by atoms with Crippen LogP contribution >= 0.6 is 11.3 Å². The number of rotatable bonds is 20. The van der Waals surface area contributed by atoms with Gasteiger partial charge in [0.25, 0.3) is 11.8 Å². The average molecular weight is 807 g/mol. The molecule has 2 atom stereocenters. The van der Waals surface area contributed by atoms with Crippen LogP contribution in [0.3, 0.4) is 0 Å². The van der Waals surface area contributed by atoms with Gasteiger partial charge in [-0.3, -0.25) is 24.6 Å². The van der Waals surface area contributed by atoms with Gasteiger partial charge >= 0.3 is 0 Å². The minimum atomic E-state index is -0.630. The second kappa shape index (κ2) is 21.1. The number of aliphatic hydroxyl groups excluding tert-OH is 1. The van der Waals surface area contributed by atoms with Crippen molar-refractivity contribution in [2.75, 3.05) is 26.7 Å². The number of amides is 4. The number of unbranched alkanes of at least 4 members (excludes halogenated alkanes) is 4. The number of aryl methyl sites for hydroxylation is 2. The summed E-state index contributed by atoms with van der Waals surface area (Å²) >= 11 is 1.63. The van der Waals surface area contributed by atoms with Crippen molar-refractivity contribution < 1.29 is 29.4 Å². The summed E-state index contributed by atoms with van der Waals surface area (Å²) in [6.45, 7) is 5.17. The summed E-state index contributed by atoms with van der Waals surface area (Å²) in [6.07, 6.45) is 7.85. The van der Waals surface area contributed by atoms with Crippen molar-refractivity contribution in [2.45, 2.75) is 83.6 Å². The van der Waals surface area contributed by atoms with Crippen LogP contribution in [0.25, 0.3) is 16.2 Å². The molecule has 0 aliphatic heterocycles. The van der Waals surface area contributed by atoms with E-state index in [0.717, 1.165) is 79.0 Å². The van der Waals surface area contributed by atoms with Crippen LogP contribution in [0.4, 0.5) is 0 Å². The van der Waals surface area contributed by atoms with E-state index in [0.29, 0.717) is 19.4 Å². The zero-order valence-electron chi connectivity index (χ0n) is 33.5. The molecule has 1 aromatic heterocycles. The van der Waals surface area contributed by atoms with Crippen molar-refractivity contribution in [2.24, 2.45) is 0 Å². The topological polar surface area (TPSA) is 185 Å². The number of hydrogen-bond acceptors (Lipinski definition) is 9. The van der Waals surface area contributed by atoms with Crippen LogP contribution in [-0.2, 0) is 20.8 Å². The van der Waals surface area contributed by atoms with Gasteiger partial charge in [-0.05, 0) is 72.9 Å². The predicted molar refractivity (Wildman–Crippen MR) is 228 cm³/mol. The van der Waals surface area contributed by atoms with Crippen molar-refractivity contribution in [1.29, 1.82) is 5.41 Å². The van der Waals surface area contributed by atoms with Crippen LogP contribution in [0.2, 0.25) is 0 Å². The van der Waals surface area contributed by atoms with E-state index in [4.69, 9.17) is 5.41 Å². The van der Waals surface area contributed by atoms with Gasteiger partial charge in [0.15, 0.2) is 0 Å². The molecule has 58 heavy (non-hydrogen) atoms. The van der Waals surface area contributed by atoms with Gasteiger partial charge in [-0.15, -0.1) is 11.3 Å². The molecule has 4 amide bonds. The number of carbonyl (C=O) groups is 4. The Kier molecular flexibility index (Phi) is 15.7. The molecule has 1 unspecified atom stereocenters. The molecule has 3 aromatic carbocycles. The number of aliphatic hydroxyl groups is 1. The molecule has 306 valence electrons. The van der Waals surface area contributed by atoms with E-state index >= 15 is 0 Å². The maximum atomic E-state index is 13.0. The Labute approximate surface area is 344 Å². The maximum absolute atomic E-state index is 13.0. The van der Waals surface area contributed by atoms with Gasteiger partial charge in [0.1, 0.15) is 17.2 Å². The van der Waals surface area contributed by atoms with E-state index in [1.807, 2.05) is 36.7 Å². The molecular weight excluding hydrogens is 753 g/mol. The molecule has 6 N–H and O–H groups in total. The molecule has 12 nitrogen and oxygen atoms in total. The summed E-state index contributed by atoms with van der Waals surface area (Å²) in [5.41, 5.74) is 7.05. The molecule has 1 heterocycles. The van der Waals surface area contributed by atoms with Crippen LogP contribution in [-0.4, -0.2) is 76.1 Å². The van der Waals surface area contributed by atoms with E-state index in [1.165, 1.54) is 28.0 Å². The second-order valence-electron chi connectivity index (χ2n) is 14.9. The maximum Gasteiger partial charge on any atom is 0.269 e. The van der Waals surface area contributed by atoms with Gasteiger partial charge in [-0.25, -0.2) is 4.98 Å². The molecule has 1 aliphatic rings. The first-order valence-corrected chi connectivity index (χ1v) is 20.8. The molecule has 0 spiro atoms. The highest BCUT2D eigenvalue weighted by atomic mass is 32.1. The first-order valence-electron chi connectivity index (χ1n) is 19.9. The average Bonchev–Trinajstić information content (AvgIpc) is 3.84. The molecular formula is C45H54N6O6S. The lowest BCUT2D eigenvalue weighted by Crippen LogP contribution is -2.36. The first-order chi connectivity index (χ1) is 27.9. The van der Waals surface area contributed by atoms with Crippen LogP contribution in [0.5, 0.6) is 5.75 Å². The zero-order chi connectivity index (χ0) is 41.6. The number of benzene rings is 3. The number of aromatic nitrogens is 1. The number of carbonyl (C=O) groups excluding carboxylic acids is 4. The molecule has 5 rings (SSSR count). The molecule has 1 aliphatic carbocycles. The summed E-state index contributed by atoms with van der Waals surface area (Å²) in [5.74, 6) is -1.80. The lowest BCUT2D eigenvalue weighted by atomic mass is 9.96. The summed E-state index contributed by atoms with van der Waals surface area (Å²) < 4.78 is 0. The van der Waals surface area contributed by atoms with Gasteiger partial charge < -0.3 is 31.1 Å².